The van der Waals surface area contributed by atoms with Gasteiger partial charge in [0.1, 0.15) is 11.6 Å². The van der Waals surface area contributed by atoms with Gasteiger partial charge in [0.05, 0.1) is 18.8 Å². The Hall–Kier alpha value is -1.92. The number of H-pyrrole nitrogens is 1. The van der Waals surface area contributed by atoms with Gasteiger partial charge in [-0.05, 0) is 25.5 Å². The van der Waals surface area contributed by atoms with Gasteiger partial charge in [0.25, 0.3) is 0 Å². The third-order valence-corrected chi connectivity index (χ3v) is 3.73. The Balaban J connectivity index is 1.53. The summed E-state index contributed by atoms with van der Waals surface area (Å²) < 4.78 is 5.76. The molecule has 1 saturated heterocycles. The normalized spacial score (nSPS) is 22.0. The number of rotatable bonds is 5. The number of aromatic nitrogens is 3. The van der Waals surface area contributed by atoms with Crippen LogP contribution in [0.4, 0.5) is 5.82 Å². The van der Waals surface area contributed by atoms with Crippen LogP contribution in [0.25, 0.3) is 0 Å². The molecule has 0 radical (unpaired) electrons. The zero-order valence-corrected chi connectivity index (χ0v) is 13.1. The van der Waals surface area contributed by atoms with E-state index in [1.54, 1.807) is 6.20 Å². The Morgan fingerprint density at radius 2 is 2.05 bits per heavy atom. The molecule has 0 saturated carbocycles. The molecule has 0 aliphatic carbocycles. The molecule has 0 unspecified atom stereocenters. The van der Waals surface area contributed by atoms with Crippen molar-refractivity contribution in [2.75, 3.05) is 18.0 Å². The van der Waals surface area contributed by atoms with Gasteiger partial charge in [0, 0.05) is 38.2 Å². The molecule has 2 N–H and O–H groups in total. The molecule has 2 aromatic heterocycles. The maximum absolute atomic E-state index is 5.76. The monoisotopic (exact) mass is 301 g/mol. The number of imidazole rings is 1. The highest BCUT2D eigenvalue weighted by Crippen LogP contribution is 2.18. The third-order valence-electron chi connectivity index (χ3n) is 3.73. The molecule has 0 spiro atoms. The van der Waals surface area contributed by atoms with Gasteiger partial charge in [0.15, 0.2) is 0 Å². The lowest BCUT2D eigenvalue weighted by atomic mass is 10.2. The zero-order chi connectivity index (χ0) is 15.4. The Kier molecular flexibility index (Phi) is 4.70. The summed E-state index contributed by atoms with van der Waals surface area (Å²) in [6, 6.07) is 4.22. The summed E-state index contributed by atoms with van der Waals surface area (Å²) in [4.78, 5) is 14.1. The Bertz CT molecular complexity index is 559. The van der Waals surface area contributed by atoms with Crippen molar-refractivity contribution >= 4 is 5.82 Å². The van der Waals surface area contributed by atoms with Crippen molar-refractivity contribution < 1.29 is 4.74 Å². The van der Waals surface area contributed by atoms with Crippen LogP contribution in [0.3, 0.4) is 0 Å². The summed E-state index contributed by atoms with van der Waals surface area (Å²) in [5.41, 5.74) is 1.17. The van der Waals surface area contributed by atoms with Crippen molar-refractivity contribution in [3.63, 3.8) is 0 Å². The van der Waals surface area contributed by atoms with Crippen molar-refractivity contribution in [2.45, 2.75) is 39.1 Å². The fourth-order valence-corrected chi connectivity index (χ4v) is 2.79. The van der Waals surface area contributed by atoms with Crippen LogP contribution in [0.5, 0.6) is 0 Å². The average Bonchev–Trinajstić information content (AvgIpc) is 3.00. The minimum atomic E-state index is 0.250. The maximum atomic E-state index is 5.76. The molecule has 1 aliphatic heterocycles. The summed E-state index contributed by atoms with van der Waals surface area (Å²) in [6.07, 6.45) is 6.03. The topological polar surface area (TPSA) is 66.1 Å². The maximum Gasteiger partial charge on any atom is 0.128 e. The van der Waals surface area contributed by atoms with E-state index in [4.69, 9.17) is 4.74 Å². The van der Waals surface area contributed by atoms with Gasteiger partial charge >= 0.3 is 0 Å². The Morgan fingerprint density at radius 1 is 1.23 bits per heavy atom. The highest BCUT2D eigenvalue weighted by atomic mass is 16.5. The van der Waals surface area contributed by atoms with Gasteiger partial charge in [-0.25, -0.2) is 9.97 Å². The van der Waals surface area contributed by atoms with Gasteiger partial charge in [-0.1, -0.05) is 6.07 Å². The van der Waals surface area contributed by atoms with Gasteiger partial charge in [-0.3, -0.25) is 0 Å². The lowest BCUT2D eigenvalue weighted by Crippen LogP contribution is -2.45. The molecule has 0 aromatic carbocycles. The second-order valence-electron chi connectivity index (χ2n) is 5.83. The second kappa shape index (κ2) is 6.89. The van der Waals surface area contributed by atoms with E-state index in [-0.39, 0.29) is 12.2 Å². The first kappa shape index (κ1) is 15.0. The van der Waals surface area contributed by atoms with Crippen molar-refractivity contribution in [3.05, 3.63) is 42.1 Å². The zero-order valence-electron chi connectivity index (χ0n) is 13.1. The average molecular weight is 301 g/mol. The summed E-state index contributed by atoms with van der Waals surface area (Å²) in [5.74, 6) is 1.97. The first-order valence-electron chi connectivity index (χ1n) is 7.75. The van der Waals surface area contributed by atoms with E-state index in [2.05, 4.69) is 51.1 Å². The van der Waals surface area contributed by atoms with Gasteiger partial charge in [-0.2, -0.15) is 0 Å². The highest BCUT2D eigenvalue weighted by molar-refractivity contribution is 5.40. The third kappa shape index (κ3) is 3.84. The Labute approximate surface area is 130 Å². The largest absolute Gasteiger partial charge is 0.372 e. The lowest BCUT2D eigenvalue weighted by Gasteiger charge is -2.36. The molecular formula is C16H23N5O. The van der Waals surface area contributed by atoms with E-state index in [1.165, 1.54) is 5.56 Å². The molecular weight excluding hydrogens is 278 g/mol. The van der Waals surface area contributed by atoms with E-state index in [0.717, 1.165) is 37.8 Å². The van der Waals surface area contributed by atoms with Crippen molar-refractivity contribution in [2.24, 2.45) is 0 Å². The number of morpholine rings is 1. The SMILES string of the molecule is C[C@@H]1CN(c2ccc(CNCc3ncc[nH]3)cn2)C[C@@H](C)O1. The van der Waals surface area contributed by atoms with Crippen molar-refractivity contribution in [1.82, 2.24) is 20.3 Å². The number of pyridine rings is 1. The van der Waals surface area contributed by atoms with Crippen LogP contribution in [0.2, 0.25) is 0 Å². The number of hydrogen-bond donors (Lipinski definition) is 2. The standard InChI is InChI=1S/C16H23N5O/c1-12-10-21(11-13(2)22-12)16-4-3-14(8-20-16)7-17-9-15-18-5-6-19-15/h3-6,8,12-13,17H,7,9-11H2,1-2H3,(H,18,19)/t12-,13-/m1/s1. The molecule has 6 heteroatoms. The number of nitrogens with one attached hydrogen (secondary N) is 2. The summed E-state index contributed by atoms with van der Waals surface area (Å²) in [7, 11) is 0. The summed E-state index contributed by atoms with van der Waals surface area (Å²) in [5, 5.41) is 3.35. The smallest absolute Gasteiger partial charge is 0.128 e. The second-order valence-corrected chi connectivity index (χ2v) is 5.83. The molecule has 0 bridgehead atoms. The molecule has 0 amide bonds. The minimum Gasteiger partial charge on any atom is -0.372 e. The van der Waals surface area contributed by atoms with Crippen molar-refractivity contribution in [1.29, 1.82) is 0 Å². The molecule has 2 aromatic rings. The fourth-order valence-electron chi connectivity index (χ4n) is 2.79. The van der Waals surface area contributed by atoms with Crippen LogP contribution >= 0.6 is 0 Å². The first-order chi connectivity index (χ1) is 10.7. The predicted molar refractivity (Wildman–Crippen MR) is 85.6 cm³/mol. The van der Waals surface area contributed by atoms with Crippen LogP contribution in [-0.2, 0) is 17.8 Å². The highest BCUT2D eigenvalue weighted by Gasteiger charge is 2.22. The van der Waals surface area contributed by atoms with Crippen LogP contribution in [-0.4, -0.2) is 40.2 Å². The van der Waals surface area contributed by atoms with Crippen LogP contribution < -0.4 is 10.2 Å². The van der Waals surface area contributed by atoms with Gasteiger partial charge < -0.3 is 19.9 Å². The van der Waals surface area contributed by atoms with Crippen LogP contribution in [0, 0.1) is 0 Å². The minimum absolute atomic E-state index is 0.250. The molecule has 22 heavy (non-hydrogen) atoms. The molecule has 118 valence electrons. The molecule has 1 fully saturated rings. The quantitative estimate of drug-likeness (QED) is 0.880. The Morgan fingerprint density at radius 3 is 2.68 bits per heavy atom. The molecule has 3 rings (SSSR count). The summed E-state index contributed by atoms with van der Waals surface area (Å²) in [6.45, 7) is 7.52. The van der Waals surface area contributed by atoms with E-state index in [9.17, 15) is 0 Å². The van der Waals surface area contributed by atoms with Gasteiger partial charge in [-0.15, -0.1) is 0 Å². The number of aromatic amines is 1. The number of ether oxygens (including phenoxy) is 1. The van der Waals surface area contributed by atoms with E-state index in [0.29, 0.717) is 0 Å². The molecule has 6 nitrogen and oxygen atoms in total. The molecule has 3 heterocycles. The predicted octanol–water partition coefficient (Wildman–Crippen LogP) is 1.71. The number of anilines is 1. The first-order valence-corrected chi connectivity index (χ1v) is 7.75. The van der Waals surface area contributed by atoms with Gasteiger partial charge in [0.2, 0.25) is 0 Å². The van der Waals surface area contributed by atoms with Crippen LogP contribution in [0.15, 0.2) is 30.7 Å². The van der Waals surface area contributed by atoms with E-state index in [1.807, 2.05) is 12.4 Å². The van der Waals surface area contributed by atoms with Crippen molar-refractivity contribution in [3.8, 4) is 0 Å². The van der Waals surface area contributed by atoms with Crippen LogP contribution in [0.1, 0.15) is 25.2 Å². The number of hydrogen-bond acceptors (Lipinski definition) is 5. The lowest BCUT2D eigenvalue weighted by molar-refractivity contribution is -0.00545. The van der Waals surface area contributed by atoms with E-state index >= 15 is 0 Å². The fraction of sp³-hybridized carbons (Fsp3) is 0.500. The molecule has 1 aliphatic rings. The summed E-state index contributed by atoms with van der Waals surface area (Å²) >= 11 is 0. The van der Waals surface area contributed by atoms with E-state index < -0.39 is 0 Å². The number of nitrogens with zero attached hydrogens (tertiary/aromatic N) is 3. The molecule has 2 atom stereocenters.